The third kappa shape index (κ3) is 3.04. The second kappa shape index (κ2) is 6.61. The maximum atomic E-state index is 9.65. The molecule has 5 heteroatoms. The SMILES string of the molecule is Cc1ccc(/C(N)=N/O)c(N2CCCCCC2CO)c1. The first kappa shape index (κ1) is 14.7. The molecule has 0 radical (unpaired) electrons. The third-order valence-corrected chi connectivity index (χ3v) is 3.93. The maximum absolute atomic E-state index is 9.65. The van der Waals surface area contributed by atoms with E-state index in [-0.39, 0.29) is 18.5 Å². The molecule has 1 heterocycles. The van der Waals surface area contributed by atoms with Gasteiger partial charge in [-0.05, 0) is 37.5 Å². The molecule has 0 saturated carbocycles. The number of benzene rings is 1. The molecule has 1 aromatic rings. The van der Waals surface area contributed by atoms with Gasteiger partial charge in [0.25, 0.3) is 0 Å². The van der Waals surface area contributed by atoms with Crippen LogP contribution >= 0.6 is 0 Å². The van der Waals surface area contributed by atoms with Gasteiger partial charge in [-0.2, -0.15) is 0 Å². The van der Waals surface area contributed by atoms with Crippen LogP contribution in [0.25, 0.3) is 0 Å². The topological polar surface area (TPSA) is 82.1 Å². The first-order valence-corrected chi connectivity index (χ1v) is 7.13. The summed E-state index contributed by atoms with van der Waals surface area (Å²) in [7, 11) is 0. The molecule has 1 aromatic carbocycles. The van der Waals surface area contributed by atoms with Crippen molar-refractivity contribution in [2.75, 3.05) is 18.1 Å². The second-order valence-corrected chi connectivity index (χ2v) is 5.38. The number of rotatable bonds is 3. The number of hydrogen-bond donors (Lipinski definition) is 3. The molecule has 1 saturated heterocycles. The number of aryl methyl sites for hydroxylation is 1. The average Bonchev–Trinajstić information content (AvgIpc) is 2.71. The lowest BCUT2D eigenvalue weighted by Gasteiger charge is -2.32. The smallest absolute Gasteiger partial charge is 0.172 e. The van der Waals surface area contributed by atoms with Gasteiger partial charge in [0.15, 0.2) is 5.84 Å². The Morgan fingerprint density at radius 3 is 2.90 bits per heavy atom. The first-order chi connectivity index (χ1) is 9.67. The van der Waals surface area contributed by atoms with Gasteiger partial charge in [-0.15, -0.1) is 0 Å². The van der Waals surface area contributed by atoms with Gasteiger partial charge in [-0.3, -0.25) is 0 Å². The summed E-state index contributed by atoms with van der Waals surface area (Å²) in [4.78, 5) is 2.20. The fourth-order valence-electron chi connectivity index (χ4n) is 2.83. The normalized spacial score (nSPS) is 20.8. The number of aliphatic hydroxyl groups excluding tert-OH is 1. The fraction of sp³-hybridized carbons (Fsp3) is 0.533. The molecule has 0 spiro atoms. The van der Waals surface area contributed by atoms with E-state index in [1.165, 1.54) is 6.42 Å². The zero-order chi connectivity index (χ0) is 14.5. The van der Waals surface area contributed by atoms with Crippen LogP contribution in [0.15, 0.2) is 23.4 Å². The minimum absolute atomic E-state index is 0.101. The number of anilines is 1. The van der Waals surface area contributed by atoms with Crippen LogP contribution in [-0.4, -0.2) is 35.3 Å². The number of oxime groups is 1. The Balaban J connectivity index is 2.45. The number of amidine groups is 1. The number of nitrogens with two attached hydrogens (primary N) is 1. The van der Waals surface area contributed by atoms with Crippen molar-refractivity contribution in [1.29, 1.82) is 0 Å². The molecule has 2 rings (SSSR count). The second-order valence-electron chi connectivity index (χ2n) is 5.38. The van der Waals surface area contributed by atoms with Crippen LogP contribution in [0.5, 0.6) is 0 Å². The molecule has 1 atom stereocenters. The van der Waals surface area contributed by atoms with Crippen molar-refractivity contribution in [2.24, 2.45) is 10.9 Å². The molecule has 0 aromatic heterocycles. The molecule has 110 valence electrons. The highest BCUT2D eigenvalue weighted by Crippen LogP contribution is 2.28. The van der Waals surface area contributed by atoms with E-state index < -0.39 is 0 Å². The van der Waals surface area contributed by atoms with Crippen LogP contribution in [-0.2, 0) is 0 Å². The quantitative estimate of drug-likeness (QED) is 0.341. The Labute approximate surface area is 119 Å². The van der Waals surface area contributed by atoms with E-state index in [0.29, 0.717) is 0 Å². The predicted octanol–water partition coefficient (Wildman–Crippen LogP) is 1.83. The van der Waals surface area contributed by atoms with E-state index in [1.807, 2.05) is 25.1 Å². The minimum atomic E-state index is 0.101. The van der Waals surface area contributed by atoms with E-state index in [0.717, 1.165) is 42.6 Å². The van der Waals surface area contributed by atoms with Gasteiger partial charge in [0.05, 0.1) is 12.6 Å². The average molecular weight is 277 g/mol. The van der Waals surface area contributed by atoms with Gasteiger partial charge in [0, 0.05) is 17.8 Å². The molecule has 4 N–H and O–H groups in total. The summed E-state index contributed by atoms with van der Waals surface area (Å²) in [6, 6.07) is 5.97. The van der Waals surface area contributed by atoms with Gasteiger partial charge < -0.3 is 20.9 Å². The Hall–Kier alpha value is -1.75. The highest BCUT2D eigenvalue weighted by Gasteiger charge is 2.23. The zero-order valence-corrected chi connectivity index (χ0v) is 11.9. The predicted molar refractivity (Wildman–Crippen MR) is 80.4 cm³/mol. The third-order valence-electron chi connectivity index (χ3n) is 3.93. The monoisotopic (exact) mass is 277 g/mol. The largest absolute Gasteiger partial charge is 0.409 e. The van der Waals surface area contributed by atoms with E-state index in [4.69, 9.17) is 10.9 Å². The van der Waals surface area contributed by atoms with E-state index >= 15 is 0 Å². The summed E-state index contributed by atoms with van der Waals surface area (Å²) >= 11 is 0. The van der Waals surface area contributed by atoms with E-state index in [9.17, 15) is 5.11 Å². The Bertz CT molecular complexity index is 488. The van der Waals surface area contributed by atoms with E-state index in [2.05, 4.69) is 10.1 Å². The van der Waals surface area contributed by atoms with Crippen molar-refractivity contribution in [3.63, 3.8) is 0 Å². The zero-order valence-electron chi connectivity index (χ0n) is 11.9. The first-order valence-electron chi connectivity index (χ1n) is 7.13. The molecular formula is C15H23N3O2. The Kier molecular flexibility index (Phi) is 4.84. The van der Waals surface area contributed by atoms with Gasteiger partial charge in [-0.25, -0.2) is 0 Å². The van der Waals surface area contributed by atoms with Crippen LogP contribution in [0.2, 0.25) is 0 Å². The van der Waals surface area contributed by atoms with Crippen molar-refractivity contribution < 1.29 is 10.3 Å². The van der Waals surface area contributed by atoms with Gasteiger partial charge >= 0.3 is 0 Å². The summed E-state index contributed by atoms with van der Waals surface area (Å²) in [5.41, 5.74) is 8.58. The molecule has 0 bridgehead atoms. The van der Waals surface area contributed by atoms with Crippen molar-refractivity contribution in [3.8, 4) is 0 Å². The summed E-state index contributed by atoms with van der Waals surface area (Å²) in [5, 5.41) is 21.7. The molecule has 1 unspecified atom stereocenters. The van der Waals surface area contributed by atoms with Crippen molar-refractivity contribution in [3.05, 3.63) is 29.3 Å². The standard InChI is InChI=1S/C15H23N3O2/c1-11-6-7-13(15(16)17-20)14(9-11)18-8-4-2-3-5-12(18)10-19/h6-7,9,12,19-20H,2-5,8,10H2,1H3,(H2,16,17). The van der Waals surface area contributed by atoms with Crippen LogP contribution in [0.1, 0.15) is 36.8 Å². The molecule has 5 nitrogen and oxygen atoms in total. The molecule has 1 aliphatic heterocycles. The van der Waals surface area contributed by atoms with Crippen LogP contribution < -0.4 is 10.6 Å². The number of hydrogen-bond acceptors (Lipinski definition) is 4. The van der Waals surface area contributed by atoms with Crippen LogP contribution in [0.4, 0.5) is 5.69 Å². The highest BCUT2D eigenvalue weighted by molar-refractivity contribution is 6.02. The van der Waals surface area contributed by atoms with Gasteiger partial charge in [0.2, 0.25) is 0 Å². The van der Waals surface area contributed by atoms with Gasteiger partial charge in [-0.1, -0.05) is 24.1 Å². The van der Waals surface area contributed by atoms with E-state index in [1.54, 1.807) is 0 Å². The lowest BCUT2D eigenvalue weighted by molar-refractivity contribution is 0.255. The summed E-state index contributed by atoms with van der Waals surface area (Å²) in [6.45, 7) is 3.04. The molecule has 1 fully saturated rings. The number of nitrogens with zero attached hydrogens (tertiary/aromatic N) is 2. The summed E-state index contributed by atoms with van der Waals surface area (Å²) in [6.07, 6.45) is 4.38. The van der Waals surface area contributed by atoms with Gasteiger partial charge in [0.1, 0.15) is 0 Å². The molecule has 0 amide bonds. The minimum Gasteiger partial charge on any atom is -0.409 e. The lowest BCUT2D eigenvalue weighted by Crippen LogP contribution is -2.39. The Morgan fingerprint density at radius 2 is 2.20 bits per heavy atom. The van der Waals surface area contributed by atoms with Crippen LogP contribution in [0, 0.1) is 6.92 Å². The van der Waals surface area contributed by atoms with Crippen molar-refractivity contribution >= 4 is 11.5 Å². The molecular weight excluding hydrogens is 254 g/mol. The lowest BCUT2D eigenvalue weighted by atomic mass is 10.0. The summed E-state index contributed by atoms with van der Waals surface area (Å²) < 4.78 is 0. The molecule has 20 heavy (non-hydrogen) atoms. The number of aliphatic hydroxyl groups is 1. The summed E-state index contributed by atoms with van der Waals surface area (Å²) in [5.74, 6) is 0.112. The van der Waals surface area contributed by atoms with Crippen molar-refractivity contribution in [2.45, 2.75) is 38.6 Å². The fourth-order valence-corrected chi connectivity index (χ4v) is 2.83. The molecule has 0 aliphatic carbocycles. The van der Waals surface area contributed by atoms with Crippen LogP contribution in [0.3, 0.4) is 0 Å². The maximum Gasteiger partial charge on any atom is 0.172 e. The highest BCUT2D eigenvalue weighted by atomic mass is 16.4. The van der Waals surface area contributed by atoms with Crippen molar-refractivity contribution in [1.82, 2.24) is 0 Å². The molecule has 1 aliphatic rings. The Morgan fingerprint density at radius 1 is 1.40 bits per heavy atom.